The van der Waals surface area contributed by atoms with Crippen LogP contribution < -0.4 is 10.9 Å². The second-order valence-electron chi connectivity index (χ2n) is 8.68. The number of carbonyl (C=O) groups is 1. The van der Waals surface area contributed by atoms with Gasteiger partial charge in [-0.1, -0.05) is 59.3 Å². The van der Waals surface area contributed by atoms with Gasteiger partial charge < -0.3 is 9.88 Å². The fourth-order valence-corrected chi connectivity index (χ4v) is 4.43. The number of nitrogens with one attached hydrogen (secondary N) is 1. The first-order chi connectivity index (χ1) is 16.5. The van der Waals surface area contributed by atoms with E-state index < -0.39 is 0 Å². The van der Waals surface area contributed by atoms with Gasteiger partial charge in [-0.25, -0.2) is 4.68 Å². The molecule has 0 bridgehead atoms. The zero-order chi connectivity index (χ0) is 23.5. The lowest BCUT2D eigenvalue weighted by Crippen LogP contribution is -2.43. The Labute approximate surface area is 202 Å². The van der Waals surface area contributed by atoms with Crippen molar-refractivity contribution in [3.63, 3.8) is 0 Å². The molecule has 5 rings (SSSR count). The molecule has 34 heavy (non-hydrogen) atoms. The molecule has 2 aromatic carbocycles. The molecule has 1 amide bonds. The highest BCUT2D eigenvalue weighted by Crippen LogP contribution is 2.37. The minimum Gasteiger partial charge on any atom is -0.348 e. The van der Waals surface area contributed by atoms with Crippen LogP contribution in [0.5, 0.6) is 0 Å². The number of carbonyl (C=O) groups excluding carboxylic acids is 1. The molecule has 0 spiro atoms. The van der Waals surface area contributed by atoms with Gasteiger partial charge in [-0.05, 0) is 53.6 Å². The highest BCUT2D eigenvalue weighted by Gasteiger charge is 2.32. The van der Waals surface area contributed by atoms with E-state index in [1.807, 2.05) is 48.5 Å². The maximum absolute atomic E-state index is 12.6. The molecule has 8 heteroatoms. The molecule has 1 N–H and O–H groups in total. The van der Waals surface area contributed by atoms with Crippen LogP contribution in [0.2, 0.25) is 5.02 Å². The molecule has 1 fully saturated rings. The number of hydrogen-bond acceptors (Lipinski definition) is 4. The van der Waals surface area contributed by atoms with Crippen molar-refractivity contribution >= 4 is 17.5 Å². The second kappa shape index (κ2) is 9.65. The molecule has 1 saturated carbocycles. The fraction of sp³-hybridized carbons (Fsp3) is 0.231. The van der Waals surface area contributed by atoms with Crippen LogP contribution in [0.1, 0.15) is 45.9 Å². The van der Waals surface area contributed by atoms with Crippen molar-refractivity contribution in [1.82, 2.24) is 24.9 Å². The van der Waals surface area contributed by atoms with Crippen molar-refractivity contribution in [2.75, 3.05) is 0 Å². The summed E-state index contributed by atoms with van der Waals surface area (Å²) >= 11 is 6.08. The Morgan fingerprint density at radius 3 is 2.50 bits per heavy atom. The van der Waals surface area contributed by atoms with Gasteiger partial charge in [0.15, 0.2) is 5.69 Å². The number of amides is 1. The topological polar surface area (TPSA) is 81.8 Å². The molecule has 1 aliphatic carbocycles. The number of pyridine rings is 1. The number of benzene rings is 2. The van der Waals surface area contributed by atoms with Gasteiger partial charge in [0.25, 0.3) is 11.5 Å². The second-order valence-corrected chi connectivity index (χ2v) is 9.11. The van der Waals surface area contributed by atoms with E-state index in [0.717, 1.165) is 29.0 Å². The van der Waals surface area contributed by atoms with Crippen LogP contribution in [0, 0.1) is 0 Å². The van der Waals surface area contributed by atoms with Crippen LogP contribution >= 0.6 is 11.6 Å². The van der Waals surface area contributed by atoms with Gasteiger partial charge in [0.1, 0.15) is 0 Å². The van der Waals surface area contributed by atoms with Crippen LogP contribution in [-0.4, -0.2) is 31.5 Å². The molecule has 2 heterocycles. The monoisotopic (exact) mass is 473 g/mol. The van der Waals surface area contributed by atoms with Crippen LogP contribution in [-0.2, 0) is 13.1 Å². The fourth-order valence-electron chi connectivity index (χ4n) is 4.23. The van der Waals surface area contributed by atoms with E-state index in [-0.39, 0.29) is 17.5 Å². The van der Waals surface area contributed by atoms with E-state index >= 15 is 0 Å². The average molecular weight is 474 g/mol. The average Bonchev–Trinajstić information content (AvgIpc) is 3.27. The number of halogens is 1. The Kier molecular flexibility index (Phi) is 6.27. The summed E-state index contributed by atoms with van der Waals surface area (Å²) in [6, 6.07) is 21.1. The lowest BCUT2D eigenvalue weighted by atomic mass is 9.76. The van der Waals surface area contributed by atoms with Gasteiger partial charge in [-0.3, -0.25) is 9.59 Å². The first kappa shape index (κ1) is 22.1. The van der Waals surface area contributed by atoms with E-state index in [1.165, 1.54) is 5.56 Å². The van der Waals surface area contributed by atoms with Gasteiger partial charge >= 0.3 is 0 Å². The maximum atomic E-state index is 12.6. The van der Waals surface area contributed by atoms with Crippen molar-refractivity contribution in [1.29, 1.82) is 0 Å². The van der Waals surface area contributed by atoms with Crippen LogP contribution in [0.3, 0.4) is 0 Å². The lowest BCUT2D eigenvalue weighted by molar-refractivity contribution is 0.0903. The summed E-state index contributed by atoms with van der Waals surface area (Å²) in [4.78, 5) is 24.5. The Hall–Kier alpha value is -3.71. The van der Waals surface area contributed by atoms with E-state index in [0.29, 0.717) is 24.7 Å². The third-order valence-corrected chi connectivity index (χ3v) is 6.42. The summed E-state index contributed by atoms with van der Waals surface area (Å²) in [6.07, 6.45) is 5.22. The highest BCUT2D eigenvalue weighted by molar-refractivity contribution is 6.30. The number of aromatic nitrogens is 4. The standard InChI is InChI=1S/C26H24ClN5O2/c27-22-5-3-4-20(12-22)21-13-23(14-21)28-26(34)24-17-32(30-29-24)16-19-9-7-18(8-10-19)15-31-11-2-1-6-25(31)33/h1-12,17,21,23H,13-16H2,(H,28,34). The quantitative estimate of drug-likeness (QED) is 0.442. The van der Waals surface area contributed by atoms with Crippen LogP contribution in [0.4, 0.5) is 0 Å². The highest BCUT2D eigenvalue weighted by atomic mass is 35.5. The summed E-state index contributed by atoms with van der Waals surface area (Å²) < 4.78 is 3.32. The van der Waals surface area contributed by atoms with Crippen LogP contribution in [0.25, 0.3) is 0 Å². The number of rotatable bonds is 7. The Bertz CT molecular complexity index is 1360. The van der Waals surface area contributed by atoms with E-state index in [1.54, 1.807) is 33.8 Å². The first-order valence-corrected chi connectivity index (χ1v) is 11.6. The number of nitrogens with zero attached hydrogens (tertiary/aromatic N) is 4. The SMILES string of the molecule is O=C(NC1CC(c2cccc(Cl)c2)C1)c1cn(Cc2ccc(Cn3ccccc3=O)cc2)nn1. The van der Waals surface area contributed by atoms with Gasteiger partial charge in [0.05, 0.1) is 19.3 Å². The largest absolute Gasteiger partial charge is 0.348 e. The van der Waals surface area contributed by atoms with Gasteiger partial charge in [0, 0.05) is 23.3 Å². The number of hydrogen-bond donors (Lipinski definition) is 1. The predicted molar refractivity (Wildman–Crippen MR) is 130 cm³/mol. The molecule has 0 aliphatic heterocycles. The summed E-state index contributed by atoms with van der Waals surface area (Å²) in [7, 11) is 0. The lowest BCUT2D eigenvalue weighted by Gasteiger charge is -2.36. The minimum absolute atomic E-state index is 0.0260. The molecular weight excluding hydrogens is 450 g/mol. The van der Waals surface area contributed by atoms with Gasteiger partial charge in [-0.2, -0.15) is 0 Å². The zero-order valence-electron chi connectivity index (χ0n) is 18.5. The third-order valence-electron chi connectivity index (χ3n) is 6.18. The maximum Gasteiger partial charge on any atom is 0.273 e. The van der Waals surface area contributed by atoms with Gasteiger partial charge in [0.2, 0.25) is 0 Å². The first-order valence-electron chi connectivity index (χ1n) is 11.2. The van der Waals surface area contributed by atoms with E-state index in [2.05, 4.69) is 21.7 Å². The van der Waals surface area contributed by atoms with Crippen molar-refractivity contribution in [2.45, 2.75) is 37.9 Å². The Morgan fingerprint density at radius 1 is 1.00 bits per heavy atom. The van der Waals surface area contributed by atoms with Gasteiger partial charge in [-0.15, -0.1) is 5.10 Å². The molecule has 2 aromatic heterocycles. The van der Waals surface area contributed by atoms with E-state index in [9.17, 15) is 9.59 Å². The van der Waals surface area contributed by atoms with E-state index in [4.69, 9.17) is 11.6 Å². The van der Waals surface area contributed by atoms with Crippen LogP contribution in [0.15, 0.2) is 83.9 Å². The summed E-state index contributed by atoms with van der Waals surface area (Å²) in [5, 5.41) is 11.9. The normalized spacial score (nSPS) is 17.2. The molecular formula is C26H24ClN5O2. The van der Waals surface area contributed by atoms with Crippen molar-refractivity contribution in [3.05, 3.63) is 117 Å². The molecule has 1 aliphatic rings. The third kappa shape index (κ3) is 5.10. The molecule has 7 nitrogen and oxygen atoms in total. The molecule has 0 radical (unpaired) electrons. The zero-order valence-corrected chi connectivity index (χ0v) is 19.2. The molecule has 172 valence electrons. The Balaban J connectivity index is 1.13. The predicted octanol–water partition coefficient (Wildman–Crippen LogP) is 3.87. The summed E-state index contributed by atoms with van der Waals surface area (Å²) in [5.41, 5.74) is 3.57. The smallest absolute Gasteiger partial charge is 0.273 e. The van der Waals surface area contributed by atoms with Crippen molar-refractivity contribution < 1.29 is 4.79 Å². The molecule has 4 aromatic rings. The molecule has 0 unspecified atom stereocenters. The summed E-state index contributed by atoms with van der Waals surface area (Å²) in [5.74, 6) is 0.215. The Morgan fingerprint density at radius 2 is 1.76 bits per heavy atom. The minimum atomic E-state index is -0.204. The van der Waals surface area contributed by atoms with Crippen molar-refractivity contribution in [3.8, 4) is 0 Å². The summed E-state index contributed by atoms with van der Waals surface area (Å²) in [6.45, 7) is 1.03. The molecule has 0 atom stereocenters. The molecule has 0 saturated heterocycles. The van der Waals surface area contributed by atoms with Crippen molar-refractivity contribution in [2.24, 2.45) is 0 Å².